The van der Waals surface area contributed by atoms with Crippen molar-refractivity contribution in [3.63, 3.8) is 0 Å². The van der Waals surface area contributed by atoms with E-state index in [-0.39, 0.29) is 43.5 Å². The number of aliphatic carboxylic acids is 1. The lowest BCUT2D eigenvalue weighted by atomic mass is 10.0. The maximum absolute atomic E-state index is 11.5. The van der Waals surface area contributed by atoms with E-state index in [4.69, 9.17) is 29.2 Å². The van der Waals surface area contributed by atoms with Crippen LogP contribution in [0.3, 0.4) is 0 Å². The van der Waals surface area contributed by atoms with Crippen LogP contribution in [0.1, 0.15) is 117 Å². The molecule has 0 aliphatic carbocycles. The van der Waals surface area contributed by atoms with Crippen molar-refractivity contribution in [2.45, 2.75) is 172 Å². The molecule has 12 nitrogen and oxygen atoms in total. The first kappa shape index (κ1) is 39.8. The first-order valence-corrected chi connectivity index (χ1v) is 16.1. The summed E-state index contributed by atoms with van der Waals surface area (Å²) >= 11 is 0. The zero-order valence-corrected chi connectivity index (χ0v) is 26.3. The van der Waals surface area contributed by atoms with Crippen LogP contribution in [-0.4, -0.2) is 111 Å². The van der Waals surface area contributed by atoms with Crippen LogP contribution in [0.25, 0.3) is 0 Å². The zero-order valence-electron chi connectivity index (χ0n) is 26.3. The van der Waals surface area contributed by atoms with E-state index in [1.807, 2.05) is 6.92 Å². The molecule has 2 aliphatic heterocycles. The summed E-state index contributed by atoms with van der Waals surface area (Å²) in [4.78, 5) is 21.7. The summed E-state index contributed by atoms with van der Waals surface area (Å²) in [7, 11) is 0. The molecule has 0 bridgehead atoms. The van der Waals surface area contributed by atoms with E-state index >= 15 is 0 Å². The molecular formula is C31H58O12. The Kier molecular flexibility index (Phi) is 21.4. The van der Waals surface area contributed by atoms with Gasteiger partial charge in [0, 0.05) is 45.3 Å². The number of Topliss-reactive ketones (excluding diaryl/α,β-unsaturated/α-hetero) is 1. The third kappa shape index (κ3) is 18.4. The summed E-state index contributed by atoms with van der Waals surface area (Å²) in [5.41, 5.74) is 0. The van der Waals surface area contributed by atoms with Crippen molar-refractivity contribution >= 4 is 11.8 Å². The van der Waals surface area contributed by atoms with Crippen molar-refractivity contribution in [1.29, 1.82) is 0 Å². The van der Waals surface area contributed by atoms with Crippen LogP contribution in [0.2, 0.25) is 0 Å². The summed E-state index contributed by atoms with van der Waals surface area (Å²) in [6.07, 6.45) is 6.03. The fraction of sp³-hybridized carbons (Fsp3) is 0.935. The first-order valence-electron chi connectivity index (χ1n) is 16.1. The predicted octanol–water partition coefficient (Wildman–Crippen LogP) is 2.83. The minimum Gasteiger partial charge on any atom is -0.481 e. The highest BCUT2D eigenvalue weighted by Gasteiger charge is 2.35. The Hall–Kier alpha value is -1.22. The predicted molar refractivity (Wildman–Crippen MR) is 158 cm³/mol. The lowest BCUT2D eigenvalue weighted by Crippen LogP contribution is -2.48. The minimum atomic E-state index is -0.833. The largest absolute Gasteiger partial charge is 0.481 e. The molecule has 0 amide bonds. The average molecular weight is 623 g/mol. The van der Waals surface area contributed by atoms with Crippen LogP contribution in [-0.2, 0) is 28.5 Å². The molecule has 2 fully saturated rings. The van der Waals surface area contributed by atoms with Gasteiger partial charge in [0.15, 0.2) is 12.6 Å². The van der Waals surface area contributed by atoms with Crippen molar-refractivity contribution in [2.24, 2.45) is 0 Å². The molecule has 0 saturated carbocycles. The Bertz CT molecular complexity index is 738. The van der Waals surface area contributed by atoms with Crippen LogP contribution < -0.4 is 0 Å². The summed E-state index contributed by atoms with van der Waals surface area (Å²) in [5, 5.41) is 55.7. The van der Waals surface area contributed by atoms with Crippen LogP contribution in [0.15, 0.2) is 0 Å². The highest BCUT2D eigenvalue weighted by Crippen LogP contribution is 2.23. The van der Waals surface area contributed by atoms with Crippen LogP contribution in [0, 0.1) is 0 Å². The highest BCUT2D eigenvalue weighted by atomic mass is 16.7. The maximum atomic E-state index is 11.5. The Morgan fingerprint density at radius 2 is 1.23 bits per heavy atom. The molecule has 4 unspecified atom stereocenters. The average Bonchev–Trinajstić information content (AvgIpc) is 2.94. The van der Waals surface area contributed by atoms with E-state index in [2.05, 4.69) is 0 Å². The van der Waals surface area contributed by atoms with Gasteiger partial charge in [0.25, 0.3) is 0 Å². The van der Waals surface area contributed by atoms with Gasteiger partial charge < -0.3 is 49.6 Å². The van der Waals surface area contributed by atoms with Gasteiger partial charge in [0.2, 0.25) is 0 Å². The SMILES string of the molecule is CC1O[C@@H](OCCCCC(=O)O)C(O)C[C@H]1O.CC1O[C@@H](O[C@H](C)CCCCCCCCC(=O)CCCO)C(O)C[C@H]1O. The van der Waals surface area contributed by atoms with Crippen molar-refractivity contribution in [2.75, 3.05) is 13.2 Å². The van der Waals surface area contributed by atoms with Gasteiger partial charge in [0.05, 0.1) is 30.5 Å². The number of carboxylic acids is 1. The molecule has 12 heteroatoms. The van der Waals surface area contributed by atoms with Crippen LogP contribution in [0.4, 0.5) is 0 Å². The quantitative estimate of drug-likeness (QED) is 0.109. The number of hydrogen-bond donors (Lipinski definition) is 6. The second-order valence-corrected chi connectivity index (χ2v) is 11.9. The molecule has 2 heterocycles. The van der Waals surface area contributed by atoms with Crippen molar-refractivity contribution in [3.05, 3.63) is 0 Å². The van der Waals surface area contributed by atoms with E-state index < -0.39 is 43.0 Å². The summed E-state index contributed by atoms with van der Waals surface area (Å²) in [5.74, 6) is -0.560. The normalized spacial score (nSPS) is 29.9. The molecule has 9 atom stereocenters. The molecule has 0 aromatic rings. The van der Waals surface area contributed by atoms with E-state index in [1.54, 1.807) is 13.8 Å². The van der Waals surface area contributed by atoms with Crippen molar-refractivity contribution < 1.29 is 59.2 Å². The molecule has 0 aromatic heterocycles. The highest BCUT2D eigenvalue weighted by molar-refractivity contribution is 5.78. The molecule has 43 heavy (non-hydrogen) atoms. The van der Waals surface area contributed by atoms with E-state index in [9.17, 15) is 30.0 Å². The minimum absolute atomic E-state index is 0.0150. The molecule has 0 radical (unpaired) electrons. The smallest absolute Gasteiger partial charge is 0.303 e. The number of carbonyl (C=O) groups is 2. The fourth-order valence-corrected chi connectivity index (χ4v) is 4.90. The Morgan fingerprint density at radius 1 is 0.721 bits per heavy atom. The standard InChI is InChI=1S/C20H38O6.C11H20O6/c1-15(25-20-19(24)14-18(23)16(2)26-20)10-7-5-3-4-6-8-11-17(22)12-9-13-21;1-7-8(12)6-9(13)11(17-7)16-5-3-2-4-10(14)15/h15-16,18-21,23-24H,3-14H2,1-2H3;7-9,11-13H,2-6H2,1H3,(H,14,15)/t15-,16?,18-,19?,20-;7?,8-,9?,11-/m11/s1. The Balaban J connectivity index is 0.000000469. The first-order chi connectivity index (χ1) is 20.4. The fourth-order valence-electron chi connectivity index (χ4n) is 4.90. The number of aliphatic hydroxyl groups is 5. The third-order valence-corrected chi connectivity index (χ3v) is 7.74. The number of aliphatic hydroxyl groups excluding tert-OH is 5. The number of carbonyl (C=O) groups excluding carboxylic acids is 1. The Morgan fingerprint density at radius 3 is 1.84 bits per heavy atom. The van der Waals surface area contributed by atoms with Gasteiger partial charge in [-0.25, -0.2) is 0 Å². The summed E-state index contributed by atoms with van der Waals surface area (Å²) in [6, 6.07) is 0. The summed E-state index contributed by atoms with van der Waals surface area (Å²) < 4.78 is 21.9. The number of ether oxygens (including phenoxy) is 4. The summed E-state index contributed by atoms with van der Waals surface area (Å²) in [6.45, 7) is 5.94. The number of unbranched alkanes of at least 4 members (excludes halogenated alkanes) is 6. The lowest BCUT2D eigenvalue weighted by molar-refractivity contribution is -0.273. The van der Waals surface area contributed by atoms with Gasteiger partial charge >= 0.3 is 5.97 Å². The van der Waals surface area contributed by atoms with Gasteiger partial charge in [0.1, 0.15) is 18.0 Å². The van der Waals surface area contributed by atoms with Crippen molar-refractivity contribution in [3.8, 4) is 0 Å². The van der Waals surface area contributed by atoms with E-state index in [1.165, 1.54) is 0 Å². The monoisotopic (exact) mass is 622 g/mol. The molecule has 254 valence electrons. The maximum Gasteiger partial charge on any atom is 0.303 e. The van der Waals surface area contributed by atoms with Gasteiger partial charge in [-0.2, -0.15) is 0 Å². The van der Waals surface area contributed by atoms with Gasteiger partial charge in [-0.05, 0) is 52.9 Å². The van der Waals surface area contributed by atoms with Gasteiger partial charge in [-0.15, -0.1) is 0 Å². The second-order valence-electron chi connectivity index (χ2n) is 11.9. The number of ketones is 1. The molecular weight excluding hydrogens is 564 g/mol. The van der Waals surface area contributed by atoms with Crippen LogP contribution in [0.5, 0.6) is 0 Å². The zero-order chi connectivity index (χ0) is 32.2. The number of rotatable bonds is 20. The second kappa shape index (κ2) is 23.2. The number of hydrogen-bond acceptors (Lipinski definition) is 11. The molecule has 6 N–H and O–H groups in total. The van der Waals surface area contributed by atoms with Crippen molar-refractivity contribution in [1.82, 2.24) is 0 Å². The van der Waals surface area contributed by atoms with Gasteiger partial charge in [-0.1, -0.05) is 32.1 Å². The molecule has 2 aliphatic rings. The van der Waals surface area contributed by atoms with Gasteiger partial charge in [-0.3, -0.25) is 9.59 Å². The Labute approximate surface area is 256 Å². The topological polar surface area (TPSA) is 192 Å². The molecule has 0 aromatic carbocycles. The lowest BCUT2D eigenvalue weighted by Gasteiger charge is -2.36. The number of carboxylic acid groups (broad SMARTS) is 1. The molecule has 0 spiro atoms. The molecule has 2 rings (SSSR count). The third-order valence-electron chi connectivity index (χ3n) is 7.74. The van der Waals surface area contributed by atoms with Crippen LogP contribution >= 0.6 is 0 Å². The molecule has 2 saturated heterocycles. The van der Waals surface area contributed by atoms with E-state index in [0.717, 1.165) is 44.9 Å². The van der Waals surface area contributed by atoms with E-state index in [0.29, 0.717) is 45.1 Å².